The molecule has 0 unspecified atom stereocenters. The van der Waals surface area contributed by atoms with Crippen LogP contribution in [0.1, 0.15) is 47.1 Å². The Bertz CT molecular complexity index is 691. The maximum absolute atomic E-state index is 11.8. The Morgan fingerprint density at radius 2 is 1.74 bits per heavy atom. The van der Waals surface area contributed by atoms with Crippen molar-refractivity contribution in [3.63, 3.8) is 0 Å². The minimum Gasteiger partial charge on any atom is -0.497 e. The second-order valence-electron chi connectivity index (χ2n) is 9.65. The van der Waals surface area contributed by atoms with Gasteiger partial charge < -0.3 is 18.6 Å². The lowest BCUT2D eigenvalue weighted by Gasteiger charge is -2.42. The number of ether oxygens (including phenoxy) is 3. The van der Waals surface area contributed by atoms with Crippen LogP contribution in [0.3, 0.4) is 0 Å². The lowest BCUT2D eigenvalue weighted by Crippen LogP contribution is -2.47. The first-order valence-corrected chi connectivity index (χ1v) is 14.1. The minimum atomic E-state index is -2.00. The average molecular weight is 451 g/mol. The van der Waals surface area contributed by atoms with E-state index in [0.29, 0.717) is 19.8 Å². The smallest absolute Gasteiger partial charge is 0.330 e. The van der Waals surface area contributed by atoms with E-state index in [9.17, 15) is 4.79 Å². The van der Waals surface area contributed by atoms with Crippen LogP contribution in [-0.2, 0) is 25.3 Å². The molecule has 0 fully saturated rings. The third-order valence-corrected chi connectivity index (χ3v) is 10.4. The van der Waals surface area contributed by atoms with Gasteiger partial charge in [0.2, 0.25) is 0 Å². The van der Waals surface area contributed by atoms with Crippen molar-refractivity contribution in [3.8, 4) is 5.75 Å². The zero-order valence-electron chi connectivity index (χ0n) is 20.9. The molecule has 1 aromatic rings. The van der Waals surface area contributed by atoms with Crippen LogP contribution in [0.5, 0.6) is 5.75 Å². The predicted molar refractivity (Wildman–Crippen MR) is 129 cm³/mol. The second kappa shape index (κ2) is 12.4. The summed E-state index contributed by atoms with van der Waals surface area (Å²) in [5, 5.41) is 0.0967. The molecule has 1 rings (SSSR count). The molecule has 0 aliphatic heterocycles. The van der Waals surface area contributed by atoms with Gasteiger partial charge in [0.15, 0.2) is 8.32 Å². The average Bonchev–Trinajstić information content (AvgIpc) is 2.70. The van der Waals surface area contributed by atoms with E-state index in [1.807, 2.05) is 30.3 Å². The molecule has 3 atom stereocenters. The lowest BCUT2D eigenvalue weighted by atomic mass is 9.93. The molecule has 176 valence electrons. The molecule has 6 heteroatoms. The maximum atomic E-state index is 11.8. The van der Waals surface area contributed by atoms with Crippen LogP contribution < -0.4 is 4.74 Å². The quantitative estimate of drug-likeness (QED) is 0.222. The molecular weight excluding hydrogens is 408 g/mol. The molecule has 0 aromatic heterocycles. The number of rotatable bonds is 12. The second-order valence-corrected chi connectivity index (χ2v) is 14.4. The van der Waals surface area contributed by atoms with Crippen molar-refractivity contribution in [3.05, 3.63) is 42.0 Å². The van der Waals surface area contributed by atoms with E-state index in [4.69, 9.17) is 18.6 Å². The third kappa shape index (κ3) is 9.17. The fourth-order valence-electron chi connectivity index (χ4n) is 2.97. The highest BCUT2D eigenvalue weighted by Crippen LogP contribution is 2.39. The lowest BCUT2D eigenvalue weighted by molar-refractivity contribution is -0.137. The van der Waals surface area contributed by atoms with Crippen LogP contribution in [-0.4, -0.2) is 40.7 Å². The van der Waals surface area contributed by atoms with E-state index >= 15 is 0 Å². The van der Waals surface area contributed by atoms with Crippen LogP contribution in [0.2, 0.25) is 18.1 Å². The molecule has 0 bridgehead atoms. The van der Waals surface area contributed by atoms with E-state index in [2.05, 4.69) is 47.7 Å². The Morgan fingerprint density at radius 3 is 2.26 bits per heavy atom. The van der Waals surface area contributed by atoms with Gasteiger partial charge in [-0.05, 0) is 48.7 Å². The first kappa shape index (κ1) is 27.4. The van der Waals surface area contributed by atoms with Crippen LogP contribution in [0.4, 0.5) is 0 Å². The van der Waals surface area contributed by atoms with Gasteiger partial charge in [-0.2, -0.15) is 0 Å². The molecule has 31 heavy (non-hydrogen) atoms. The molecule has 0 saturated heterocycles. The van der Waals surface area contributed by atoms with Gasteiger partial charge in [0, 0.05) is 12.0 Å². The standard InChI is InChI=1S/C25H42O5Si/c1-10-29-23(26)16-11-19(2)24(30-31(8,9)25(4,5)6)20(3)17-28-18-21-12-14-22(27-7)15-13-21/h11-16,19-20,24H,10,17-18H2,1-9H3/b16-11+/t19-,20-,24+/m0/s1. The van der Waals surface area contributed by atoms with E-state index in [1.54, 1.807) is 14.0 Å². The van der Waals surface area contributed by atoms with Crippen molar-refractivity contribution in [1.29, 1.82) is 0 Å². The number of esters is 1. The van der Waals surface area contributed by atoms with E-state index in [0.717, 1.165) is 11.3 Å². The van der Waals surface area contributed by atoms with Crippen molar-refractivity contribution in [2.75, 3.05) is 20.3 Å². The van der Waals surface area contributed by atoms with E-state index < -0.39 is 8.32 Å². The normalized spacial score (nSPS) is 15.5. The topological polar surface area (TPSA) is 54.0 Å². The van der Waals surface area contributed by atoms with Gasteiger partial charge in [-0.1, -0.05) is 52.8 Å². The Hall–Kier alpha value is -1.63. The van der Waals surface area contributed by atoms with E-state index in [1.165, 1.54) is 6.08 Å². The van der Waals surface area contributed by atoms with Crippen LogP contribution in [0, 0.1) is 11.8 Å². The van der Waals surface area contributed by atoms with Crippen molar-refractivity contribution >= 4 is 14.3 Å². The summed E-state index contributed by atoms with van der Waals surface area (Å²) in [5.41, 5.74) is 1.10. The number of hydrogen-bond donors (Lipinski definition) is 0. The summed E-state index contributed by atoms with van der Waals surface area (Å²) in [6.07, 6.45) is 3.36. The summed E-state index contributed by atoms with van der Waals surface area (Å²) in [7, 11) is -0.338. The van der Waals surface area contributed by atoms with E-state index in [-0.39, 0.29) is 28.9 Å². The van der Waals surface area contributed by atoms with Gasteiger partial charge in [0.05, 0.1) is 33.0 Å². The van der Waals surface area contributed by atoms with Crippen molar-refractivity contribution in [1.82, 2.24) is 0 Å². The molecule has 5 nitrogen and oxygen atoms in total. The van der Waals surface area contributed by atoms with Crippen LogP contribution in [0.25, 0.3) is 0 Å². The molecule has 0 radical (unpaired) electrons. The highest BCUT2D eigenvalue weighted by Gasteiger charge is 2.41. The first-order valence-electron chi connectivity index (χ1n) is 11.1. The summed E-state index contributed by atoms with van der Waals surface area (Å²) in [6, 6.07) is 7.90. The van der Waals surface area contributed by atoms with Gasteiger partial charge in [-0.3, -0.25) is 0 Å². The van der Waals surface area contributed by atoms with Crippen molar-refractivity contribution in [2.24, 2.45) is 11.8 Å². The van der Waals surface area contributed by atoms with Gasteiger partial charge in [-0.25, -0.2) is 4.79 Å². The predicted octanol–water partition coefficient (Wildman–Crippen LogP) is 5.99. The Kier molecular flexibility index (Phi) is 11.0. The first-order chi connectivity index (χ1) is 14.4. The summed E-state index contributed by atoms with van der Waals surface area (Å²) >= 11 is 0. The molecule has 0 saturated carbocycles. The molecule has 0 aliphatic carbocycles. The SMILES string of the molecule is CCOC(=O)/C=C/[C@H](C)[C@@H](O[Si](C)(C)C(C)(C)C)[C@@H](C)COCc1ccc(OC)cc1. The molecular formula is C25H42O5Si. The fourth-order valence-corrected chi connectivity index (χ4v) is 4.45. The number of hydrogen-bond acceptors (Lipinski definition) is 5. The maximum Gasteiger partial charge on any atom is 0.330 e. The zero-order valence-corrected chi connectivity index (χ0v) is 21.9. The molecule has 0 aliphatic rings. The van der Waals surface area contributed by atoms with Gasteiger partial charge in [0.1, 0.15) is 5.75 Å². The fraction of sp³-hybridized carbons (Fsp3) is 0.640. The van der Waals surface area contributed by atoms with Gasteiger partial charge in [0.25, 0.3) is 0 Å². The molecule has 0 heterocycles. The third-order valence-electron chi connectivity index (χ3n) is 5.95. The van der Waals surface area contributed by atoms with Crippen LogP contribution >= 0.6 is 0 Å². The zero-order chi connectivity index (χ0) is 23.7. The summed E-state index contributed by atoms with van der Waals surface area (Å²) < 4.78 is 23.1. The Morgan fingerprint density at radius 1 is 1.13 bits per heavy atom. The molecule has 0 spiro atoms. The van der Waals surface area contributed by atoms with Crippen LogP contribution in [0.15, 0.2) is 36.4 Å². The summed E-state index contributed by atoms with van der Waals surface area (Å²) in [4.78, 5) is 11.8. The van der Waals surface area contributed by atoms with Gasteiger partial charge in [-0.15, -0.1) is 0 Å². The number of carbonyl (C=O) groups excluding carboxylic acids is 1. The molecule has 0 amide bonds. The number of methoxy groups -OCH3 is 1. The highest BCUT2D eigenvalue weighted by atomic mass is 28.4. The minimum absolute atomic E-state index is 0.0533. The van der Waals surface area contributed by atoms with Crippen molar-refractivity contribution in [2.45, 2.75) is 72.4 Å². The highest BCUT2D eigenvalue weighted by molar-refractivity contribution is 6.74. The summed E-state index contributed by atoms with van der Waals surface area (Å²) in [5.74, 6) is 0.735. The summed E-state index contributed by atoms with van der Waals surface area (Å²) in [6.45, 7) is 18.8. The largest absolute Gasteiger partial charge is 0.497 e. The molecule has 1 aromatic carbocycles. The number of benzene rings is 1. The van der Waals surface area contributed by atoms with Crippen molar-refractivity contribution < 1.29 is 23.4 Å². The Balaban J connectivity index is 2.85. The Labute approximate surface area is 190 Å². The number of carbonyl (C=O) groups is 1. The monoisotopic (exact) mass is 450 g/mol. The molecule has 0 N–H and O–H groups in total. The van der Waals surface area contributed by atoms with Gasteiger partial charge >= 0.3 is 5.97 Å².